The van der Waals surface area contributed by atoms with Crippen LogP contribution in [0.5, 0.6) is 0 Å². The third-order valence-corrected chi connectivity index (χ3v) is 1.41. The normalized spacial score (nSPS) is 14.1. The molecule has 0 aliphatic heterocycles. The van der Waals surface area contributed by atoms with Gasteiger partial charge in [0.25, 0.3) is 0 Å². The number of aliphatic hydroxyl groups is 1. The van der Waals surface area contributed by atoms with E-state index in [0.29, 0.717) is 12.8 Å². The zero-order valence-corrected chi connectivity index (χ0v) is 8.26. The van der Waals surface area contributed by atoms with Gasteiger partial charge in [0.15, 0.2) is 0 Å². The summed E-state index contributed by atoms with van der Waals surface area (Å²) in [4.78, 5) is 10.8. The zero-order valence-electron chi connectivity index (χ0n) is 8.26. The first-order valence-electron chi connectivity index (χ1n) is 4.27. The van der Waals surface area contributed by atoms with E-state index in [1.807, 2.05) is 0 Å². The van der Waals surface area contributed by atoms with E-state index in [9.17, 15) is 9.90 Å². The summed E-state index contributed by atoms with van der Waals surface area (Å²) in [6.45, 7) is 6.93. The second-order valence-corrected chi connectivity index (χ2v) is 3.67. The lowest BCUT2D eigenvalue weighted by Crippen LogP contribution is -2.27. The van der Waals surface area contributed by atoms with Crippen LogP contribution in [-0.4, -0.2) is 22.8 Å². The Morgan fingerprint density at radius 2 is 2.08 bits per heavy atom. The number of esters is 1. The van der Waals surface area contributed by atoms with Gasteiger partial charge in [-0.15, -0.1) is 0 Å². The molecule has 0 fully saturated rings. The largest absolute Gasteiger partial charge is 0.463 e. The fraction of sp³-hybridized carbons (Fsp3) is 0.889. The van der Waals surface area contributed by atoms with E-state index in [1.165, 1.54) is 0 Å². The first kappa shape index (κ1) is 11.4. The van der Waals surface area contributed by atoms with Crippen LogP contribution in [0, 0.1) is 0 Å². The Hall–Kier alpha value is -0.570. The van der Waals surface area contributed by atoms with Gasteiger partial charge in [0.1, 0.15) is 6.10 Å². The molecule has 3 nitrogen and oxygen atoms in total. The van der Waals surface area contributed by atoms with Crippen LogP contribution in [0.4, 0.5) is 0 Å². The minimum Gasteiger partial charge on any atom is -0.463 e. The molecule has 0 aliphatic carbocycles. The summed E-state index contributed by atoms with van der Waals surface area (Å²) in [6.07, 6.45) is 0.645. The van der Waals surface area contributed by atoms with Crippen molar-refractivity contribution in [3.05, 3.63) is 0 Å². The molecule has 1 N–H and O–H groups in total. The predicted molar refractivity (Wildman–Crippen MR) is 46.8 cm³/mol. The molecule has 0 aliphatic rings. The Bertz CT molecular complexity index is 146. The van der Waals surface area contributed by atoms with E-state index in [-0.39, 0.29) is 12.1 Å². The monoisotopic (exact) mass is 174 g/mol. The maximum Gasteiger partial charge on any atom is 0.305 e. The van der Waals surface area contributed by atoms with Crippen molar-refractivity contribution in [2.75, 3.05) is 0 Å². The Morgan fingerprint density at radius 1 is 1.58 bits per heavy atom. The second-order valence-electron chi connectivity index (χ2n) is 3.67. The summed E-state index contributed by atoms with van der Waals surface area (Å²) >= 11 is 0. The summed E-state index contributed by atoms with van der Waals surface area (Å²) < 4.78 is 4.98. The van der Waals surface area contributed by atoms with Crippen LogP contribution in [0.25, 0.3) is 0 Å². The van der Waals surface area contributed by atoms with Gasteiger partial charge in [0.2, 0.25) is 0 Å². The first-order valence-corrected chi connectivity index (χ1v) is 4.27. The molecule has 0 aromatic heterocycles. The highest BCUT2D eigenvalue weighted by atomic mass is 16.5. The molecule has 0 saturated carbocycles. The van der Waals surface area contributed by atoms with Crippen molar-refractivity contribution < 1.29 is 14.6 Å². The van der Waals surface area contributed by atoms with Crippen molar-refractivity contribution >= 4 is 5.97 Å². The van der Waals surface area contributed by atoms with Gasteiger partial charge in [0.05, 0.1) is 5.60 Å². The summed E-state index contributed by atoms with van der Waals surface area (Å²) in [5.74, 6) is -0.216. The third-order valence-electron chi connectivity index (χ3n) is 1.41. The van der Waals surface area contributed by atoms with Gasteiger partial charge in [-0.2, -0.15) is 0 Å². The van der Waals surface area contributed by atoms with Crippen LogP contribution in [0.2, 0.25) is 0 Å². The molecule has 1 unspecified atom stereocenters. The quantitative estimate of drug-likeness (QED) is 0.657. The maximum absolute atomic E-state index is 10.8. The standard InChI is InChI=1S/C9H18O3/c1-5-8(10)12-7(2)6-9(3,4)11/h7,11H,5-6H2,1-4H3. The molecule has 0 aromatic carbocycles. The van der Waals surface area contributed by atoms with Crippen molar-refractivity contribution in [1.82, 2.24) is 0 Å². The van der Waals surface area contributed by atoms with Gasteiger partial charge >= 0.3 is 5.97 Å². The van der Waals surface area contributed by atoms with E-state index in [0.717, 1.165) is 0 Å². The maximum atomic E-state index is 10.8. The fourth-order valence-corrected chi connectivity index (χ4v) is 1.05. The lowest BCUT2D eigenvalue weighted by Gasteiger charge is -2.21. The number of carbonyl (C=O) groups excluding carboxylic acids is 1. The van der Waals surface area contributed by atoms with Crippen LogP contribution in [-0.2, 0) is 9.53 Å². The van der Waals surface area contributed by atoms with Gasteiger partial charge in [0, 0.05) is 12.8 Å². The highest BCUT2D eigenvalue weighted by Gasteiger charge is 2.19. The van der Waals surface area contributed by atoms with Crippen molar-refractivity contribution in [1.29, 1.82) is 0 Å². The second kappa shape index (κ2) is 4.45. The van der Waals surface area contributed by atoms with Crippen molar-refractivity contribution in [2.45, 2.75) is 52.2 Å². The molecule has 0 saturated heterocycles. The molecule has 0 rings (SSSR count). The van der Waals surface area contributed by atoms with E-state index < -0.39 is 5.60 Å². The highest BCUT2D eigenvalue weighted by Crippen LogP contribution is 2.13. The fourth-order valence-electron chi connectivity index (χ4n) is 1.05. The minimum atomic E-state index is -0.770. The smallest absolute Gasteiger partial charge is 0.305 e. The van der Waals surface area contributed by atoms with E-state index >= 15 is 0 Å². The molecular formula is C9H18O3. The van der Waals surface area contributed by atoms with Crippen molar-refractivity contribution in [3.8, 4) is 0 Å². The molecule has 3 heteroatoms. The predicted octanol–water partition coefficient (Wildman–Crippen LogP) is 1.49. The zero-order chi connectivity index (χ0) is 9.78. The third kappa shape index (κ3) is 6.16. The van der Waals surface area contributed by atoms with Gasteiger partial charge in [-0.05, 0) is 20.8 Å². The molecule has 0 aromatic rings. The van der Waals surface area contributed by atoms with Crippen LogP contribution >= 0.6 is 0 Å². The van der Waals surface area contributed by atoms with Gasteiger partial charge in [-0.1, -0.05) is 6.92 Å². The van der Waals surface area contributed by atoms with Crippen LogP contribution in [0.1, 0.15) is 40.5 Å². The van der Waals surface area contributed by atoms with Crippen molar-refractivity contribution in [3.63, 3.8) is 0 Å². The average molecular weight is 174 g/mol. The number of hydrogen-bond acceptors (Lipinski definition) is 3. The minimum absolute atomic E-state index is 0.211. The van der Waals surface area contributed by atoms with E-state index in [4.69, 9.17) is 4.74 Å². The number of hydrogen-bond donors (Lipinski definition) is 1. The average Bonchev–Trinajstić information content (AvgIpc) is 1.82. The number of rotatable bonds is 4. The summed E-state index contributed by atoms with van der Waals surface area (Å²) in [5.41, 5.74) is -0.770. The first-order chi connectivity index (χ1) is 5.35. The lowest BCUT2D eigenvalue weighted by atomic mass is 10.0. The van der Waals surface area contributed by atoms with Gasteiger partial charge in [-0.3, -0.25) is 4.79 Å². The summed E-state index contributed by atoms with van der Waals surface area (Å²) in [6, 6.07) is 0. The molecule has 12 heavy (non-hydrogen) atoms. The molecule has 1 atom stereocenters. The van der Waals surface area contributed by atoms with Gasteiger partial charge in [-0.25, -0.2) is 0 Å². The molecule has 0 spiro atoms. The molecule has 0 heterocycles. The number of carbonyl (C=O) groups is 1. The van der Waals surface area contributed by atoms with E-state index in [1.54, 1.807) is 27.7 Å². The summed E-state index contributed by atoms with van der Waals surface area (Å²) in [7, 11) is 0. The number of ether oxygens (including phenoxy) is 1. The Kier molecular flexibility index (Phi) is 4.24. The van der Waals surface area contributed by atoms with Crippen LogP contribution in [0.3, 0.4) is 0 Å². The molecule has 0 bridgehead atoms. The topological polar surface area (TPSA) is 46.5 Å². The highest BCUT2D eigenvalue weighted by molar-refractivity contribution is 5.69. The molecule has 0 amide bonds. The Morgan fingerprint density at radius 3 is 2.42 bits per heavy atom. The van der Waals surface area contributed by atoms with Gasteiger partial charge < -0.3 is 9.84 Å². The lowest BCUT2D eigenvalue weighted by molar-refractivity contribution is -0.150. The Balaban J connectivity index is 3.74. The van der Waals surface area contributed by atoms with Crippen LogP contribution in [0.15, 0.2) is 0 Å². The van der Waals surface area contributed by atoms with Crippen molar-refractivity contribution in [2.24, 2.45) is 0 Å². The SMILES string of the molecule is CCC(=O)OC(C)CC(C)(C)O. The van der Waals surface area contributed by atoms with E-state index in [2.05, 4.69) is 0 Å². The van der Waals surface area contributed by atoms with Crippen LogP contribution < -0.4 is 0 Å². The molecular weight excluding hydrogens is 156 g/mol. The Labute approximate surface area is 73.7 Å². The summed E-state index contributed by atoms with van der Waals surface area (Å²) in [5, 5.41) is 9.38. The molecule has 72 valence electrons. The molecule has 0 radical (unpaired) electrons.